The third kappa shape index (κ3) is 9.64. The molecule has 5 N–H and O–H groups in total. The normalized spacial score (nSPS) is 18.2. The van der Waals surface area contributed by atoms with Crippen LogP contribution >= 0.6 is 0 Å². The lowest BCUT2D eigenvalue weighted by atomic mass is 9.81. The lowest BCUT2D eigenvalue weighted by Crippen LogP contribution is -2.28. The topological polar surface area (TPSA) is 202 Å². The van der Waals surface area contributed by atoms with Crippen molar-refractivity contribution >= 4 is 49.3 Å². The van der Waals surface area contributed by atoms with Crippen LogP contribution in [0, 0.1) is 0 Å². The van der Waals surface area contributed by atoms with Crippen LogP contribution in [0.5, 0.6) is 0 Å². The third-order valence-corrected chi connectivity index (χ3v) is 14.4. The fraction of sp³-hybridized carbons (Fsp3) is 0.300. The summed E-state index contributed by atoms with van der Waals surface area (Å²) in [5.41, 5.74) is 8.45. The molecule has 0 spiro atoms. The number of benzene rings is 4. The Bertz CT molecular complexity index is 2960. The van der Waals surface area contributed by atoms with Crippen LogP contribution in [0.15, 0.2) is 142 Å². The van der Waals surface area contributed by atoms with Gasteiger partial charge in [0.25, 0.3) is 20.2 Å². The number of allylic oxidation sites excluding steroid dienone is 7. The Morgan fingerprint density at radius 3 is 1.91 bits per heavy atom. The predicted molar refractivity (Wildman–Crippen MR) is 249 cm³/mol. The molecule has 2 aliphatic heterocycles. The largest absolute Gasteiger partial charge is 0.478 e. The summed E-state index contributed by atoms with van der Waals surface area (Å²) in [5, 5.41) is 22.8. The molecule has 0 fully saturated rings. The lowest BCUT2D eigenvalue weighted by molar-refractivity contribution is -0.455. The van der Waals surface area contributed by atoms with Crippen LogP contribution in [0.4, 0.5) is 11.4 Å². The molecule has 0 atom stereocenters. The first-order chi connectivity index (χ1) is 30.6. The maximum absolute atomic E-state index is 12.3. The quantitative estimate of drug-likeness (QED) is 0.0430. The van der Waals surface area contributed by atoms with Gasteiger partial charge in [0.15, 0.2) is 12.3 Å². The molecule has 0 bridgehead atoms. The molecule has 0 amide bonds. The number of fused-ring (bicyclic) bond motifs is 2. The van der Waals surface area contributed by atoms with Crippen molar-refractivity contribution in [1.82, 2.24) is 5.32 Å². The first-order valence-electron chi connectivity index (χ1n) is 21.5. The molecule has 65 heavy (non-hydrogen) atoms. The van der Waals surface area contributed by atoms with Gasteiger partial charge in [0, 0.05) is 58.9 Å². The second-order valence-corrected chi connectivity index (χ2v) is 20.6. The minimum Gasteiger partial charge on any atom is -0.478 e. The number of anilines is 1. The average Bonchev–Trinajstić information content (AvgIpc) is 3.59. The summed E-state index contributed by atoms with van der Waals surface area (Å²) >= 11 is 0. The summed E-state index contributed by atoms with van der Waals surface area (Å²) in [4.78, 5) is 24.9. The van der Waals surface area contributed by atoms with Gasteiger partial charge in [-0.05, 0) is 122 Å². The van der Waals surface area contributed by atoms with E-state index in [-0.39, 0.29) is 20.9 Å². The summed E-state index contributed by atoms with van der Waals surface area (Å²) in [6, 6.07) is 22.5. The van der Waals surface area contributed by atoms with Crippen molar-refractivity contribution in [3.63, 3.8) is 0 Å². The fourth-order valence-corrected chi connectivity index (χ4v) is 10.1. The van der Waals surface area contributed by atoms with Gasteiger partial charge in [-0.3, -0.25) is 9.11 Å². The summed E-state index contributed by atoms with van der Waals surface area (Å²) in [6.07, 6.45) is 12.7. The minimum atomic E-state index is -4.49. The maximum atomic E-state index is 12.3. The lowest BCUT2D eigenvalue weighted by Gasteiger charge is -2.28. The van der Waals surface area contributed by atoms with Gasteiger partial charge in [0.2, 0.25) is 5.69 Å². The van der Waals surface area contributed by atoms with Crippen LogP contribution in [-0.4, -0.2) is 64.9 Å². The van der Waals surface area contributed by atoms with Gasteiger partial charge in [0.05, 0.1) is 26.3 Å². The number of unbranched alkanes of at least 4 members (excludes halogenated alkanes) is 1. The number of hydrogen-bond donors (Lipinski definition) is 5. The highest BCUT2D eigenvalue weighted by Gasteiger charge is 2.45. The maximum Gasteiger partial charge on any atom is 0.335 e. The van der Waals surface area contributed by atoms with E-state index in [1.807, 2.05) is 27.7 Å². The van der Waals surface area contributed by atoms with Crippen molar-refractivity contribution in [2.75, 3.05) is 11.4 Å². The summed E-state index contributed by atoms with van der Waals surface area (Å²) in [6.45, 7) is 11.6. The van der Waals surface area contributed by atoms with E-state index in [1.165, 1.54) is 24.3 Å². The van der Waals surface area contributed by atoms with E-state index in [9.17, 15) is 45.7 Å². The Labute approximate surface area is 380 Å². The van der Waals surface area contributed by atoms with Crippen LogP contribution in [0.25, 0.3) is 0 Å². The van der Waals surface area contributed by atoms with Gasteiger partial charge in [0.1, 0.15) is 0 Å². The second-order valence-electron chi connectivity index (χ2n) is 17.7. The highest BCUT2D eigenvalue weighted by atomic mass is 32.2. The summed E-state index contributed by atoms with van der Waals surface area (Å²) in [5.74, 6) is -2.06. The van der Waals surface area contributed by atoms with Gasteiger partial charge in [-0.2, -0.15) is 21.4 Å². The van der Waals surface area contributed by atoms with E-state index >= 15 is 0 Å². The first kappa shape index (κ1) is 46.9. The molecule has 13 nitrogen and oxygen atoms in total. The van der Waals surface area contributed by atoms with Gasteiger partial charge >= 0.3 is 11.9 Å². The Kier molecular flexibility index (Phi) is 13.0. The van der Waals surface area contributed by atoms with Crippen LogP contribution in [0.2, 0.25) is 0 Å². The van der Waals surface area contributed by atoms with E-state index < -0.39 is 43.0 Å². The second kappa shape index (κ2) is 18.0. The number of carboxylic acids is 2. The van der Waals surface area contributed by atoms with Crippen LogP contribution in [0.1, 0.15) is 110 Å². The van der Waals surface area contributed by atoms with E-state index in [0.717, 1.165) is 89.4 Å². The monoisotopic (exact) mass is 920 g/mol. The summed E-state index contributed by atoms with van der Waals surface area (Å²) < 4.78 is 71.3. The number of nitrogens with one attached hydrogen (secondary N) is 1. The molecule has 0 aromatic heterocycles. The molecular weight excluding hydrogens is 867 g/mol. The zero-order chi connectivity index (χ0) is 47.1. The molecule has 4 aromatic carbocycles. The van der Waals surface area contributed by atoms with Crippen LogP contribution in [0.3, 0.4) is 0 Å². The van der Waals surface area contributed by atoms with Crippen molar-refractivity contribution in [3.05, 3.63) is 165 Å². The first-order valence-corrected chi connectivity index (χ1v) is 24.4. The van der Waals surface area contributed by atoms with E-state index in [2.05, 4.69) is 46.0 Å². The molecule has 15 heteroatoms. The standard InChI is InChI=1S/C50H53N3O10S2/c1-6-7-27-51-46-34(19-25-44-49(2,3)40-28-38(64(58,59)60)21-23-42(40)52(44)30-32-11-15-36(16-12-32)47(54)55)9-8-10-35(46)20-26-45-50(4,5)41-29-39(65(61,62)63)22-24-43(41)53(45)31-33-13-17-37(18-14-33)48(56)57/h11-26,28-29H,6-10,27,30-31H2,1-5H3,(H4,54,55,56,57,58,59,60,61,62,63)/p+1/b34-19+,44-25+. The molecule has 3 aliphatic rings. The van der Waals surface area contributed by atoms with Crippen molar-refractivity contribution in [1.29, 1.82) is 0 Å². The molecule has 0 radical (unpaired) electrons. The van der Waals surface area contributed by atoms with Crippen LogP contribution in [-0.2, 0) is 44.2 Å². The Balaban J connectivity index is 1.33. The summed E-state index contributed by atoms with van der Waals surface area (Å²) in [7, 11) is -8.97. The van der Waals surface area contributed by atoms with Crippen molar-refractivity contribution in [3.8, 4) is 0 Å². The number of nitrogens with zero attached hydrogens (tertiary/aromatic N) is 2. The number of carboxylic acid groups (broad SMARTS) is 2. The molecular formula is C50H54N3O10S2+. The van der Waals surface area contributed by atoms with E-state index in [1.54, 1.807) is 60.7 Å². The SMILES string of the molecule is CCCCNC1=C(/C=C/C2=[N+](Cc3ccc(C(=O)O)cc3)c3ccc(S(=O)(=O)O)cc3C2(C)C)CCC/C1=C\C=C1\N(Cc2ccc(C(=O)O)cc2)c2ccc(S(=O)(=O)O)cc2C1(C)C. The molecule has 2 heterocycles. The molecule has 0 saturated carbocycles. The third-order valence-electron chi connectivity index (χ3n) is 12.7. The molecule has 7 rings (SSSR count). The van der Waals surface area contributed by atoms with Crippen molar-refractivity contribution < 1.29 is 50.3 Å². The van der Waals surface area contributed by atoms with Gasteiger partial charge in [-0.1, -0.05) is 63.6 Å². The Morgan fingerprint density at radius 2 is 1.32 bits per heavy atom. The van der Waals surface area contributed by atoms with Gasteiger partial charge in [-0.25, -0.2) is 9.59 Å². The van der Waals surface area contributed by atoms with Crippen LogP contribution < -0.4 is 10.2 Å². The Morgan fingerprint density at radius 1 is 0.738 bits per heavy atom. The zero-order valence-electron chi connectivity index (χ0n) is 37.0. The van der Waals surface area contributed by atoms with E-state index in [0.29, 0.717) is 24.2 Å². The number of aromatic carboxylic acids is 2. The van der Waals surface area contributed by atoms with Gasteiger partial charge in [-0.15, -0.1) is 0 Å². The number of carbonyl (C=O) groups is 2. The zero-order valence-corrected chi connectivity index (χ0v) is 38.6. The Hall–Kier alpha value is -6.13. The average molecular weight is 921 g/mol. The van der Waals surface area contributed by atoms with Crippen molar-refractivity contribution in [2.45, 2.75) is 100 Å². The fourth-order valence-electron chi connectivity index (χ4n) is 9.08. The molecule has 340 valence electrons. The van der Waals surface area contributed by atoms with Gasteiger partial charge < -0.3 is 20.4 Å². The molecule has 0 saturated heterocycles. The highest BCUT2D eigenvalue weighted by molar-refractivity contribution is 7.86. The van der Waals surface area contributed by atoms with Crippen molar-refractivity contribution in [2.24, 2.45) is 0 Å². The highest BCUT2D eigenvalue weighted by Crippen LogP contribution is 2.49. The predicted octanol–water partition coefficient (Wildman–Crippen LogP) is 9.35. The smallest absolute Gasteiger partial charge is 0.335 e. The molecule has 0 unspecified atom stereocenters. The number of rotatable bonds is 15. The molecule has 4 aromatic rings. The van der Waals surface area contributed by atoms with E-state index in [4.69, 9.17) is 0 Å². The minimum absolute atomic E-state index is 0.164. The molecule has 1 aliphatic carbocycles. The number of hydrogen-bond acceptors (Lipinski definition) is 8.